The molecule has 0 radical (unpaired) electrons. The zero-order valence-electron chi connectivity index (χ0n) is 14.7. The van der Waals surface area contributed by atoms with Crippen LogP contribution in [0.5, 0.6) is 0 Å². The summed E-state index contributed by atoms with van der Waals surface area (Å²) in [6.45, 7) is 6.49. The van der Waals surface area contributed by atoms with E-state index in [1.165, 1.54) is 5.56 Å². The van der Waals surface area contributed by atoms with Gasteiger partial charge in [0.15, 0.2) is 0 Å². The Bertz CT molecular complexity index is 965. The number of hydrogen-bond donors (Lipinski definition) is 0. The van der Waals surface area contributed by atoms with Gasteiger partial charge in [0.25, 0.3) is 0 Å². The maximum Gasteiger partial charge on any atom is 0.207 e. The van der Waals surface area contributed by atoms with Gasteiger partial charge in [-0.1, -0.05) is 81.4 Å². The van der Waals surface area contributed by atoms with Gasteiger partial charge in [0.2, 0.25) is 9.84 Å². The Hall–Kier alpha value is -2.39. The maximum absolute atomic E-state index is 13.1. The molecule has 0 heterocycles. The summed E-state index contributed by atoms with van der Waals surface area (Å²) in [4.78, 5) is 0.651. The normalized spacial score (nSPS) is 12.1. The summed E-state index contributed by atoms with van der Waals surface area (Å²) in [5.74, 6) is 0. The Kier molecular flexibility index (Phi) is 4.53. The van der Waals surface area contributed by atoms with Gasteiger partial charge in [-0.25, -0.2) is 8.42 Å². The first-order valence-electron chi connectivity index (χ1n) is 8.30. The second kappa shape index (κ2) is 6.49. The maximum atomic E-state index is 13.1. The molecule has 0 bridgehead atoms. The molecule has 128 valence electrons. The van der Waals surface area contributed by atoms with Crippen molar-refractivity contribution in [2.24, 2.45) is 0 Å². The van der Waals surface area contributed by atoms with E-state index in [-0.39, 0.29) is 5.41 Å². The molecular weight excluding hydrogens is 328 g/mol. The average Bonchev–Trinajstić information content (AvgIpc) is 2.62. The highest BCUT2D eigenvalue weighted by atomic mass is 32.2. The lowest BCUT2D eigenvalue weighted by atomic mass is 9.86. The zero-order valence-corrected chi connectivity index (χ0v) is 15.5. The standard InChI is InChI=1S/C22H22O2S/c1-22(2,3)18-15-13-17(14-16-18)20-11-7-8-12-21(20)25(23,24)19-9-5-4-6-10-19/h4-16H,1-3H3. The molecule has 0 saturated heterocycles. The topological polar surface area (TPSA) is 34.1 Å². The first kappa shape index (κ1) is 17.4. The molecule has 0 saturated carbocycles. The lowest BCUT2D eigenvalue weighted by Crippen LogP contribution is -2.10. The fourth-order valence-corrected chi connectivity index (χ4v) is 4.32. The van der Waals surface area contributed by atoms with Crippen molar-refractivity contribution in [3.05, 3.63) is 84.4 Å². The van der Waals surface area contributed by atoms with Crippen LogP contribution in [0.1, 0.15) is 26.3 Å². The third-order valence-corrected chi connectivity index (χ3v) is 6.12. The third-order valence-electron chi connectivity index (χ3n) is 4.29. The Morgan fingerprint density at radius 1 is 0.680 bits per heavy atom. The molecule has 0 aliphatic carbocycles. The van der Waals surface area contributed by atoms with E-state index in [1.807, 2.05) is 30.3 Å². The van der Waals surface area contributed by atoms with E-state index in [0.717, 1.165) is 11.1 Å². The highest BCUT2D eigenvalue weighted by Gasteiger charge is 2.21. The molecule has 25 heavy (non-hydrogen) atoms. The summed E-state index contributed by atoms with van der Waals surface area (Å²) in [7, 11) is -3.56. The Labute approximate surface area is 150 Å². The molecule has 2 nitrogen and oxygen atoms in total. The van der Waals surface area contributed by atoms with Gasteiger partial charge in [-0.05, 0) is 34.7 Å². The highest BCUT2D eigenvalue weighted by molar-refractivity contribution is 7.91. The summed E-state index contributed by atoms with van der Waals surface area (Å²) < 4.78 is 26.1. The molecule has 3 aromatic rings. The minimum absolute atomic E-state index is 0.0637. The van der Waals surface area contributed by atoms with Crippen molar-refractivity contribution in [3.63, 3.8) is 0 Å². The minimum atomic E-state index is -3.56. The largest absolute Gasteiger partial charge is 0.218 e. The SMILES string of the molecule is CC(C)(C)c1ccc(-c2ccccc2S(=O)(=O)c2ccccc2)cc1. The Morgan fingerprint density at radius 2 is 1.24 bits per heavy atom. The van der Waals surface area contributed by atoms with Crippen molar-refractivity contribution in [2.75, 3.05) is 0 Å². The molecule has 0 atom stereocenters. The van der Waals surface area contributed by atoms with Crippen molar-refractivity contribution in [1.82, 2.24) is 0 Å². The van der Waals surface area contributed by atoms with E-state index >= 15 is 0 Å². The lowest BCUT2D eigenvalue weighted by Gasteiger charge is -2.19. The van der Waals surface area contributed by atoms with Gasteiger partial charge in [-0.2, -0.15) is 0 Å². The van der Waals surface area contributed by atoms with Crippen molar-refractivity contribution < 1.29 is 8.42 Å². The van der Waals surface area contributed by atoms with Gasteiger partial charge in [0, 0.05) is 5.56 Å². The molecule has 0 N–H and O–H groups in total. The summed E-state index contributed by atoms with van der Waals surface area (Å²) in [5.41, 5.74) is 2.92. The van der Waals surface area contributed by atoms with Gasteiger partial charge in [-0.3, -0.25) is 0 Å². The molecular formula is C22H22O2S. The Morgan fingerprint density at radius 3 is 1.84 bits per heavy atom. The minimum Gasteiger partial charge on any atom is -0.218 e. The first-order valence-corrected chi connectivity index (χ1v) is 9.78. The van der Waals surface area contributed by atoms with Crippen LogP contribution >= 0.6 is 0 Å². The van der Waals surface area contributed by atoms with Gasteiger partial charge < -0.3 is 0 Å². The van der Waals surface area contributed by atoms with Gasteiger partial charge in [0.05, 0.1) is 9.79 Å². The van der Waals surface area contributed by atoms with Crippen LogP contribution in [0.2, 0.25) is 0 Å². The van der Waals surface area contributed by atoms with Crippen LogP contribution in [0.25, 0.3) is 11.1 Å². The van der Waals surface area contributed by atoms with E-state index in [4.69, 9.17) is 0 Å². The third kappa shape index (κ3) is 3.52. The van der Waals surface area contributed by atoms with Gasteiger partial charge >= 0.3 is 0 Å². The zero-order chi connectivity index (χ0) is 18.1. The molecule has 0 fully saturated rings. The number of hydrogen-bond acceptors (Lipinski definition) is 2. The number of rotatable bonds is 3. The van der Waals surface area contributed by atoms with Crippen LogP contribution in [-0.2, 0) is 15.3 Å². The Balaban J connectivity index is 2.11. The van der Waals surface area contributed by atoms with Crippen LogP contribution in [0.3, 0.4) is 0 Å². The smallest absolute Gasteiger partial charge is 0.207 e. The summed E-state index contributed by atoms with van der Waals surface area (Å²) in [5, 5.41) is 0. The molecule has 0 aliphatic rings. The van der Waals surface area contributed by atoms with Crippen molar-refractivity contribution >= 4 is 9.84 Å². The van der Waals surface area contributed by atoms with Crippen LogP contribution in [0.15, 0.2) is 88.7 Å². The van der Waals surface area contributed by atoms with Crippen LogP contribution < -0.4 is 0 Å². The fraction of sp³-hybridized carbons (Fsp3) is 0.182. The van der Waals surface area contributed by atoms with Crippen LogP contribution in [0, 0.1) is 0 Å². The summed E-state index contributed by atoms with van der Waals surface area (Å²) >= 11 is 0. The van der Waals surface area contributed by atoms with Crippen molar-refractivity contribution in [1.29, 1.82) is 0 Å². The second-order valence-corrected chi connectivity index (χ2v) is 9.06. The number of benzene rings is 3. The number of sulfone groups is 1. The quantitative estimate of drug-likeness (QED) is 0.626. The summed E-state index contributed by atoms with van der Waals surface area (Å²) in [6.07, 6.45) is 0. The van der Waals surface area contributed by atoms with E-state index in [0.29, 0.717) is 9.79 Å². The monoisotopic (exact) mass is 350 g/mol. The van der Waals surface area contributed by atoms with Crippen molar-refractivity contribution in [3.8, 4) is 11.1 Å². The first-order chi connectivity index (χ1) is 11.8. The van der Waals surface area contributed by atoms with E-state index in [9.17, 15) is 8.42 Å². The summed E-state index contributed by atoms with van der Waals surface area (Å²) in [6, 6.07) is 23.9. The predicted octanol–water partition coefficient (Wildman–Crippen LogP) is 5.48. The van der Waals surface area contributed by atoms with E-state index < -0.39 is 9.84 Å². The molecule has 3 aromatic carbocycles. The second-order valence-electron chi connectivity index (χ2n) is 7.14. The average molecular weight is 350 g/mol. The molecule has 3 heteroatoms. The molecule has 0 spiro atoms. The molecule has 3 rings (SSSR count). The van der Waals surface area contributed by atoms with Crippen LogP contribution in [0.4, 0.5) is 0 Å². The molecule has 0 aromatic heterocycles. The van der Waals surface area contributed by atoms with Gasteiger partial charge in [0.1, 0.15) is 0 Å². The van der Waals surface area contributed by atoms with Crippen LogP contribution in [-0.4, -0.2) is 8.42 Å². The van der Waals surface area contributed by atoms with Crippen molar-refractivity contribution in [2.45, 2.75) is 36.0 Å². The molecule has 0 amide bonds. The highest BCUT2D eigenvalue weighted by Crippen LogP contribution is 2.32. The molecule has 0 unspecified atom stereocenters. The van der Waals surface area contributed by atoms with E-state index in [2.05, 4.69) is 32.9 Å². The van der Waals surface area contributed by atoms with Gasteiger partial charge in [-0.15, -0.1) is 0 Å². The molecule has 0 aliphatic heterocycles. The fourth-order valence-electron chi connectivity index (χ4n) is 2.82. The van der Waals surface area contributed by atoms with E-state index in [1.54, 1.807) is 36.4 Å². The lowest BCUT2D eigenvalue weighted by molar-refractivity contribution is 0.590. The predicted molar refractivity (Wildman–Crippen MR) is 102 cm³/mol.